The van der Waals surface area contributed by atoms with Crippen molar-refractivity contribution in [3.8, 4) is 5.75 Å². The summed E-state index contributed by atoms with van der Waals surface area (Å²) >= 11 is 0. The van der Waals surface area contributed by atoms with Crippen LogP contribution >= 0.6 is 0 Å². The summed E-state index contributed by atoms with van der Waals surface area (Å²) < 4.78 is 10.9. The first-order chi connectivity index (χ1) is 11.2. The Bertz CT molecular complexity index is 532. The van der Waals surface area contributed by atoms with E-state index in [1.54, 1.807) is 12.1 Å². The second kappa shape index (κ2) is 15.1. The van der Waals surface area contributed by atoms with Gasteiger partial charge in [0.1, 0.15) is 17.9 Å². The summed E-state index contributed by atoms with van der Waals surface area (Å²) in [6, 6.07) is 7.31. The molecule has 2 rings (SSSR count). The Hall–Kier alpha value is -1.81. The molecule has 1 N–H and O–H groups in total. The Morgan fingerprint density at radius 2 is 1.70 bits per heavy atom. The third-order valence-corrected chi connectivity index (χ3v) is 2.46. The standard InChI is InChI=1S/C13H15NO3.3C2H6/c1-9(15)12-7-10-3-4-11(8-13(10)17-12)16-6-5-14-2;3*1-2/h3-4,7-8,14H,5-6H2,1-2H3;3*1-2H3. The first-order valence-electron chi connectivity index (χ1n) is 8.52. The molecule has 2 aromatic rings. The van der Waals surface area contributed by atoms with Crippen LogP contribution in [0.5, 0.6) is 5.75 Å². The normalized spacial score (nSPS) is 8.70. The number of carbonyl (C=O) groups is 1. The van der Waals surface area contributed by atoms with E-state index < -0.39 is 0 Å². The van der Waals surface area contributed by atoms with E-state index in [-0.39, 0.29) is 5.78 Å². The molecule has 0 saturated heterocycles. The molecule has 0 fully saturated rings. The van der Waals surface area contributed by atoms with E-state index in [1.165, 1.54) is 6.92 Å². The molecule has 1 aromatic heterocycles. The van der Waals surface area contributed by atoms with Crippen LogP contribution in [0.2, 0.25) is 0 Å². The van der Waals surface area contributed by atoms with E-state index in [2.05, 4.69) is 5.32 Å². The van der Waals surface area contributed by atoms with Gasteiger partial charge in [0.25, 0.3) is 0 Å². The van der Waals surface area contributed by atoms with Gasteiger partial charge in [0, 0.05) is 24.9 Å². The van der Waals surface area contributed by atoms with Gasteiger partial charge in [0.15, 0.2) is 11.5 Å². The third kappa shape index (κ3) is 8.41. The van der Waals surface area contributed by atoms with Gasteiger partial charge in [-0.05, 0) is 25.2 Å². The summed E-state index contributed by atoms with van der Waals surface area (Å²) in [5.41, 5.74) is 0.678. The molecule has 0 aliphatic carbocycles. The molecule has 0 aliphatic rings. The number of likely N-dealkylation sites (N-methyl/N-ethyl adjacent to an activating group) is 1. The number of Topliss-reactive ketones (excluding diaryl/α,β-unsaturated/α-hetero) is 1. The number of fused-ring (bicyclic) bond motifs is 1. The molecule has 0 saturated carbocycles. The molecule has 0 radical (unpaired) electrons. The average Bonchev–Trinajstić information content (AvgIpc) is 3.04. The molecule has 1 aromatic carbocycles. The maximum absolute atomic E-state index is 11.2. The van der Waals surface area contributed by atoms with Crippen molar-refractivity contribution in [2.24, 2.45) is 0 Å². The summed E-state index contributed by atoms with van der Waals surface area (Å²) in [4.78, 5) is 11.2. The van der Waals surface area contributed by atoms with Crippen LogP contribution in [0.15, 0.2) is 28.7 Å². The molecule has 0 unspecified atom stereocenters. The van der Waals surface area contributed by atoms with Crippen LogP contribution in [-0.2, 0) is 0 Å². The monoisotopic (exact) mass is 323 g/mol. The summed E-state index contributed by atoms with van der Waals surface area (Å²) in [5.74, 6) is 1.06. The third-order valence-electron chi connectivity index (χ3n) is 2.46. The van der Waals surface area contributed by atoms with E-state index in [0.717, 1.165) is 17.7 Å². The molecule has 0 atom stereocenters. The lowest BCUT2D eigenvalue weighted by atomic mass is 10.2. The van der Waals surface area contributed by atoms with Crippen molar-refractivity contribution in [2.75, 3.05) is 20.2 Å². The van der Waals surface area contributed by atoms with Crippen molar-refractivity contribution in [2.45, 2.75) is 48.5 Å². The molecular formula is C19H33NO3. The van der Waals surface area contributed by atoms with Crippen LogP contribution in [-0.4, -0.2) is 26.0 Å². The molecule has 0 aliphatic heterocycles. The number of ketones is 1. The zero-order chi connectivity index (χ0) is 18.3. The van der Waals surface area contributed by atoms with Crippen LogP contribution < -0.4 is 10.1 Å². The van der Waals surface area contributed by atoms with Crippen molar-refractivity contribution in [1.82, 2.24) is 5.32 Å². The quantitative estimate of drug-likeness (QED) is 0.598. The fraction of sp³-hybridized carbons (Fsp3) is 0.526. The number of benzene rings is 1. The second-order valence-corrected chi connectivity index (χ2v) is 3.82. The summed E-state index contributed by atoms with van der Waals surface area (Å²) in [7, 11) is 1.87. The first kappa shape index (κ1) is 23.5. The maximum atomic E-state index is 11.2. The van der Waals surface area contributed by atoms with Crippen LogP contribution in [0.4, 0.5) is 0 Å². The molecule has 1 heterocycles. The van der Waals surface area contributed by atoms with E-state index in [0.29, 0.717) is 18.0 Å². The second-order valence-electron chi connectivity index (χ2n) is 3.82. The largest absolute Gasteiger partial charge is 0.492 e. The highest BCUT2D eigenvalue weighted by molar-refractivity contribution is 5.96. The summed E-state index contributed by atoms with van der Waals surface area (Å²) in [6.45, 7) is 14.9. The Balaban J connectivity index is 0. The van der Waals surface area contributed by atoms with Crippen molar-refractivity contribution in [3.63, 3.8) is 0 Å². The van der Waals surface area contributed by atoms with Crippen LogP contribution in [0.25, 0.3) is 11.0 Å². The maximum Gasteiger partial charge on any atom is 0.194 e. The van der Waals surface area contributed by atoms with E-state index in [1.807, 2.05) is 60.7 Å². The van der Waals surface area contributed by atoms with Crippen LogP contribution in [0, 0.1) is 0 Å². The number of hydrogen-bond donors (Lipinski definition) is 1. The predicted octanol–water partition coefficient (Wildman–Crippen LogP) is 5.31. The van der Waals surface area contributed by atoms with Crippen molar-refractivity contribution < 1.29 is 13.9 Å². The van der Waals surface area contributed by atoms with E-state index >= 15 is 0 Å². The lowest BCUT2D eigenvalue weighted by Crippen LogP contribution is -2.15. The van der Waals surface area contributed by atoms with Gasteiger partial charge in [0.05, 0.1) is 0 Å². The van der Waals surface area contributed by atoms with Gasteiger partial charge >= 0.3 is 0 Å². The summed E-state index contributed by atoms with van der Waals surface area (Å²) in [5, 5.41) is 3.91. The molecule has 0 amide bonds. The predicted molar refractivity (Wildman–Crippen MR) is 99.7 cm³/mol. The molecule has 132 valence electrons. The Kier molecular flexibility index (Phi) is 15.4. The Morgan fingerprint density at radius 1 is 1.09 bits per heavy atom. The average molecular weight is 323 g/mol. The molecule has 0 bridgehead atoms. The highest BCUT2D eigenvalue weighted by Crippen LogP contribution is 2.24. The lowest BCUT2D eigenvalue weighted by Gasteiger charge is -2.04. The fourth-order valence-corrected chi connectivity index (χ4v) is 1.55. The van der Waals surface area contributed by atoms with E-state index in [9.17, 15) is 4.79 Å². The zero-order valence-corrected chi connectivity index (χ0v) is 15.9. The van der Waals surface area contributed by atoms with E-state index in [4.69, 9.17) is 9.15 Å². The number of ether oxygens (including phenoxy) is 1. The van der Waals surface area contributed by atoms with Gasteiger partial charge in [-0.1, -0.05) is 41.5 Å². The SMILES string of the molecule is CC.CC.CC.CNCCOc1ccc2cc(C(C)=O)oc2c1. The van der Waals surface area contributed by atoms with Crippen LogP contribution in [0.3, 0.4) is 0 Å². The zero-order valence-electron chi connectivity index (χ0n) is 15.9. The van der Waals surface area contributed by atoms with Crippen molar-refractivity contribution in [1.29, 1.82) is 0 Å². The van der Waals surface area contributed by atoms with Gasteiger partial charge < -0.3 is 14.5 Å². The molecular weight excluding hydrogens is 290 g/mol. The molecule has 4 heteroatoms. The first-order valence-corrected chi connectivity index (χ1v) is 8.52. The van der Waals surface area contributed by atoms with Gasteiger partial charge in [-0.25, -0.2) is 0 Å². The summed E-state index contributed by atoms with van der Waals surface area (Å²) in [6.07, 6.45) is 0. The Morgan fingerprint density at radius 3 is 2.22 bits per heavy atom. The minimum Gasteiger partial charge on any atom is -0.492 e. The number of carbonyl (C=O) groups excluding carboxylic acids is 1. The lowest BCUT2D eigenvalue weighted by molar-refractivity contribution is 0.0989. The van der Waals surface area contributed by atoms with Gasteiger partial charge in [0.2, 0.25) is 0 Å². The fourth-order valence-electron chi connectivity index (χ4n) is 1.55. The molecule has 0 spiro atoms. The number of furan rings is 1. The van der Waals surface area contributed by atoms with Crippen molar-refractivity contribution >= 4 is 16.8 Å². The minimum atomic E-state index is -0.0705. The smallest absolute Gasteiger partial charge is 0.194 e. The Labute approximate surface area is 141 Å². The minimum absolute atomic E-state index is 0.0705. The highest BCUT2D eigenvalue weighted by Gasteiger charge is 2.08. The van der Waals surface area contributed by atoms with Crippen LogP contribution in [0.1, 0.15) is 59.0 Å². The molecule has 4 nitrogen and oxygen atoms in total. The highest BCUT2D eigenvalue weighted by atomic mass is 16.5. The number of nitrogens with one attached hydrogen (secondary N) is 1. The molecule has 23 heavy (non-hydrogen) atoms. The number of rotatable bonds is 5. The topological polar surface area (TPSA) is 51.5 Å². The number of hydrogen-bond acceptors (Lipinski definition) is 4. The van der Waals surface area contributed by atoms with Gasteiger partial charge in [-0.15, -0.1) is 0 Å². The van der Waals surface area contributed by atoms with Gasteiger partial charge in [-0.2, -0.15) is 0 Å². The van der Waals surface area contributed by atoms with Gasteiger partial charge in [-0.3, -0.25) is 4.79 Å². The van der Waals surface area contributed by atoms with Crippen molar-refractivity contribution in [3.05, 3.63) is 30.0 Å².